The van der Waals surface area contributed by atoms with E-state index < -0.39 is 0 Å². The Morgan fingerprint density at radius 1 is 1.40 bits per heavy atom. The van der Waals surface area contributed by atoms with Crippen LogP contribution < -0.4 is 0 Å². The van der Waals surface area contributed by atoms with E-state index in [1.165, 1.54) is 6.33 Å². The molecule has 2 aromatic rings. The maximum Gasteiger partial charge on any atom is 0.201 e. The van der Waals surface area contributed by atoms with Crippen LogP contribution in [0.15, 0.2) is 18.5 Å². The van der Waals surface area contributed by atoms with Crippen molar-refractivity contribution in [3.05, 3.63) is 24.7 Å². The highest BCUT2D eigenvalue weighted by Gasteiger charge is 1.91. The van der Waals surface area contributed by atoms with E-state index >= 15 is 0 Å². The number of hydrogen-bond acceptors (Lipinski definition) is 4. The second-order valence-corrected chi connectivity index (χ2v) is 1.74. The quantitative estimate of drug-likeness (QED) is 0.513. The zero-order valence-electron chi connectivity index (χ0n) is 5.02. The van der Waals surface area contributed by atoms with Gasteiger partial charge in [-0.05, 0) is 12.1 Å². The SMILES string of the molecule is [c]1ccc2ncnnc2n1. The number of fused-ring (bicyclic) bond motifs is 1. The Kier molecular flexibility index (Phi) is 1.04. The molecule has 0 aliphatic heterocycles. The summed E-state index contributed by atoms with van der Waals surface area (Å²) in [6.45, 7) is 0. The monoisotopic (exact) mass is 131 g/mol. The van der Waals surface area contributed by atoms with Gasteiger partial charge in [-0.1, -0.05) is 0 Å². The van der Waals surface area contributed by atoms with Gasteiger partial charge in [-0.3, -0.25) is 0 Å². The van der Waals surface area contributed by atoms with Crippen molar-refractivity contribution in [2.45, 2.75) is 0 Å². The van der Waals surface area contributed by atoms with Crippen molar-refractivity contribution in [3.8, 4) is 0 Å². The fourth-order valence-corrected chi connectivity index (χ4v) is 0.689. The van der Waals surface area contributed by atoms with Gasteiger partial charge in [0.2, 0.25) is 5.65 Å². The van der Waals surface area contributed by atoms with Crippen molar-refractivity contribution in [2.75, 3.05) is 0 Å². The molecule has 2 aromatic heterocycles. The molecule has 10 heavy (non-hydrogen) atoms. The van der Waals surface area contributed by atoms with Crippen molar-refractivity contribution in [1.29, 1.82) is 0 Å². The Hall–Kier alpha value is -1.58. The Labute approximate surface area is 57.0 Å². The van der Waals surface area contributed by atoms with Gasteiger partial charge in [-0.2, -0.15) is 0 Å². The number of pyridine rings is 1. The number of hydrogen-bond donors (Lipinski definition) is 0. The summed E-state index contributed by atoms with van der Waals surface area (Å²) in [5.41, 5.74) is 1.28. The van der Waals surface area contributed by atoms with E-state index in [4.69, 9.17) is 0 Å². The van der Waals surface area contributed by atoms with E-state index in [1.807, 2.05) is 0 Å². The molecule has 0 aromatic carbocycles. The minimum Gasteiger partial charge on any atom is -0.231 e. The van der Waals surface area contributed by atoms with Crippen molar-refractivity contribution in [2.24, 2.45) is 0 Å². The molecule has 0 unspecified atom stereocenters. The highest BCUT2D eigenvalue weighted by atomic mass is 15.2. The maximum absolute atomic E-state index is 3.93. The van der Waals surface area contributed by atoms with Crippen LogP contribution in [0.1, 0.15) is 0 Å². The lowest BCUT2D eigenvalue weighted by Gasteiger charge is -1.87. The molecule has 47 valence electrons. The van der Waals surface area contributed by atoms with Gasteiger partial charge in [0.25, 0.3) is 0 Å². The molecule has 1 radical (unpaired) electrons. The highest BCUT2D eigenvalue weighted by molar-refractivity contribution is 5.67. The van der Waals surface area contributed by atoms with Gasteiger partial charge >= 0.3 is 0 Å². The Bertz CT molecular complexity index is 281. The zero-order chi connectivity index (χ0) is 6.81. The van der Waals surface area contributed by atoms with E-state index in [-0.39, 0.29) is 0 Å². The lowest BCUT2D eigenvalue weighted by atomic mass is 10.4. The second-order valence-electron chi connectivity index (χ2n) is 1.74. The normalized spacial score (nSPS) is 10.0. The molecule has 0 N–H and O–H groups in total. The summed E-state index contributed by atoms with van der Waals surface area (Å²) in [5.74, 6) is 0. The van der Waals surface area contributed by atoms with Crippen LogP contribution in [-0.4, -0.2) is 20.2 Å². The molecule has 4 nitrogen and oxygen atoms in total. The molecule has 0 aliphatic rings. The third-order valence-corrected chi connectivity index (χ3v) is 1.12. The predicted octanol–water partition coefficient (Wildman–Crippen LogP) is 0.220. The minimum atomic E-state index is 0.532. The highest BCUT2D eigenvalue weighted by Crippen LogP contribution is 1.98. The number of aromatic nitrogens is 4. The summed E-state index contributed by atoms with van der Waals surface area (Å²) < 4.78 is 0. The molecule has 0 amide bonds. The van der Waals surface area contributed by atoms with E-state index in [0.717, 1.165) is 5.52 Å². The first-order valence-electron chi connectivity index (χ1n) is 2.77. The lowest BCUT2D eigenvalue weighted by Crippen LogP contribution is -1.87. The van der Waals surface area contributed by atoms with E-state index in [1.54, 1.807) is 12.1 Å². The standard InChI is InChI=1S/C6H3N4/c1-2-5-6(7-3-1)10-9-4-8-5/h1-2,4H. The summed E-state index contributed by atoms with van der Waals surface area (Å²) in [5, 5.41) is 7.30. The topological polar surface area (TPSA) is 51.6 Å². The van der Waals surface area contributed by atoms with Crippen LogP contribution in [-0.2, 0) is 0 Å². The van der Waals surface area contributed by atoms with Gasteiger partial charge in [0, 0.05) is 0 Å². The molecule has 0 atom stereocenters. The van der Waals surface area contributed by atoms with E-state index in [9.17, 15) is 0 Å². The van der Waals surface area contributed by atoms with Crippen LogP contribution in [0, 0.1) is 6.20 Å². The first-order valence-corrected chi connectivity index (χ1v) is 2.77. The molecule has 0 fully saturated rings. The lowest BCUT2D eigenvalue weighted by molar-refractivity contribution is 1.00. The molecule has 0 saturated heterocycles. The summed E-state index contributed by atoms with van der Waals surface area (Å²) in [6, 6.07) is 3.48. The van der Waals surface area contributed by atoms with Crippen LogP contribution in [0.25, 0.3) is 11.2 Å². The van der Waals surface area contributed by atoms with Crippen LogP contribution in [0.2, 0.25) is 0 Å². The number of rotatable bonds is 0. The van der Waals surface area contributed by atoms with Crippen LogP contribution in [0.3, 0.4) is 0 Å². The number of nitrogens with zero attached hydrogens (tertiary/aromatic N) is 4. The smallest absolute Gasteiger partial charge is 0.201 e. The van der Waals surface area contributed by atoms with Crippen molar-refractivity contribution < 1.29 is 0 Å². The minimum absolute atomic E-state index is 0.532. The maximum atomic E-state index is 3.93. The largest absolute Gasteiger partial charge is 0.231 e. The van der Waals surface area contributed by atoms with Crippen LogP contribution >= 0.6 is 0 Å². The first kappa shape index (κ1) is 5.22. The summed E-state index contributed by atoms with van der Waals surface area (Å²) in [4.78, 5) is 7.75. The summed E-state index contributed by atoms with van der Waals surface area (Å²) >= 11 is 0. The van der Waals surface area contributed by atoms with Gasteiger partial charge in [-0.25, -0.2) is 9.97 Å². The van der Waals surface area contributed by atoms with Crippen molar-refractivity contribution >= 4 is 11.2 Å². The Morgan fingerprint density at radius 2 is 2.40 bits per heavy atom. The zero-order valence-corrected chi connectivity index (χ0v) is 5.02. The van der Waals surface area contributed by atoms with Crippen molar-refractivity contribution in [3.63, 3.8) is 0 Å². The first-order chi connectivity index (χ1) is 4.97. The van der Waals surface area contributed by atoms with Crippen LogP contribution in [0.5, 0.6) is 0 Å². The molecule has 0 spiro atoms. The molecule has 4 heteroatoms. The van der Waals surface area contributed by atoms with Gasteiger partial charge in [-0.15, -0.1) is 10.2 Å². The second kappa shape index (κ2) is 1.98. The van der Waals surface area contributed by atoms with E-state index in [0.29, 0.717) is 5.65 Å². The Morgan fingerprint density at radius 3 is 3.30 bits per heavy atom. The molecule has 0 aliphatic carbocycles. The van der Waals surface area contributed by atoms with Gasteiger partial charge in [0.1, 0.15) is 11.8 Å². The average molecular weight is 131 g/mol. The van der Waals surface area contributed by atoms with Gasteiger partial charge in [0.05, 0.1) is 6.20 Å². The molecular formula is C6H3N4. The van der Waals surface area contributed by atoms with E-state index in [2.05, 4.69) is 26.4 Å². The Balaban J connectivity index is 2.89. The molecule has 2 rings (SSSR count). The third kappa shape index (κ3) is 0.699. The van der Waals surface area contributed by atoms with Crippen molar-refractivity contribution in [1.82, 2.24) is 20.2 Å². The molecule has 0 saturated carbocycles. The molecular weight excluding hydrogens is 128 g/mol. The van der Waals surface area contributed by atoms with Gasteiger partial charge < -0.3 is 0 Å². The summed E-state index contributed by atoms with van der Waals surface area (Å²) in [6.07, 6.45) is 4.04. The van der Waals surface area contributed by atoms with Crippen LogP contribution in [0.4, 0.5) is 0 Å². The predicted molar refractivity (Wildman–Crippen MR) is 34.0 cm³/mol. The van der Waals surface area contributed by atoms with Gasteiger partial charge in [0.15, 0.2) is 0 Å². The fourth-order valence-electron chi connectivity index (χ4n) is 0.689. The fraction of sp³-hybridized carbons (Fsp3) is 0. The summed E-state index contributed by atoms with van der Waals surface area (Å²) in [7, 11) is 0. The molecule has 2 heterocycles. The average Bonchev–Trinajstić information content (AvgIpc) is 2.05. The molecule has 0 bridgehead atoms. The third-order valence-electron chi connectivity index (χ3n) is 1.12.